The van der Waals surface area contributed by atoms with Gasteiger partial charge in [-0.1, -0.05) is 12.1 Å². The van der Waals surface area contributed by atoms with E-state index in [0.29, 0.717) is 18.9 Å². The zero-order valence-electron chi connectivity index (χ0n) is 14.6. The number of ether oxygens (including phenoxy) is 1. The van der Waals surface area contributed by atoms with E-state index in [0.717, 1.165) is 35.6 Å². The lowest BCUT2D eigenvalue weighted by Crippen LogP contribution is -2.31. The van der Waals surface area contributed by atoms with Gasteiger partial charge in [0.25, 0.3) is 0 Å². The quantitative estimate of drug-likeness (QED) is 0.735. The van der Waals surface area contributed by atoms with E-state index in [1.54, 1.807) is 11.3 Å². The minimum absolute atomic E-state index is 0.0350. The zero-order valence-corrected chi connectivity index (χ0v) is 15.5. The van der Waals surface area contributed by atoms with Gasteiger partial charge in [0, 0.05) is 23.9 Å². The van der Waals surface area contributed by atoms with Crippen molar-refractivity contribution >= 4 is 22.9 Å². The number of hydrogen-bond donors (Lipinski definition) is 1. The Kier molecular flexibility index (Phi) is 4.75. The smallest absolute Gasteiger partial charge is 0.229 e. The molecule has 0 spiro atoms. The molecule has 1 N–H and O–H groups in total. The fourth-order valence-electron chi connectivity index (χ4n) is 3.37. The van der Waals surface area contributed by atoms with Gasteiger partial charge in [0.15, 0.2) is 0 Å². The van der Waals surface area contributed by atoms with Gasteiger partial charge in [-0.15, -0.1) is 0 Å². The normalized spacial score (nSPS) is 16.1. The van der Waals surface area contributed by atoms with Crippen molar-refractivity contribution in [3.8, 4) is 17.0 Å². The van der Waals surface area contributed by atoms with Crippen LogP contribution < -0.4 is 10.1 Å². The molecule has 1 aromatic carbocycles. The van der Waals surface area contributed by atoms with E-state index in [4.69, 9.17) is 4.74 Å². The predicted molar refractivity (Wildman–Crippen MR) is 104 cm³/mol. The second kappa shape index (κ2) is 7.33. The summed E-state index contributed by atoms with van der Waals surface area (Å²) >= 11 is 1.67. The van der Waals surface area contributed by atoms with Crippen molar-refractivity contribution in [2.45, 2.75) is 26.3 Å². The molecule has 134 valence electrons. The summed E-state index contributed by atoms with van der Waals surface area (Å²) in [5, 5.41) is 7.23. The SMILES string of the molecule is CCOc1ccccc1NC(=O)C1CCc2ncc(-c3ccsc3)n2C1. The third kappa shape index (κ3) is 3.24. The van der Waals surface area contributed by atoms with E-state index in [2.05, 4.69) is 31.7 Å². The number of hydrogen-bond acceptors (Lipinski definition) is 4. The third-order valence-electron chi connectivity index (χ3n) is 4.69. The van der Waals surface area contributed by atoms with Gasteiger partial charge in [-0.25, -0.2) is 4.98 Å². The number of carbonyl (C=O) groups excluding carboxylic acids is 1. The molecule has 1 atom stereocenters. The topological polar surface area (TPSA) is 56.1 Å². The number of rotatable bonds is 5. The van der Waals surface area contributed by atoms with Gasteiger partial charge in [0.05, 0.1) is 30.1 Å². The molecule has 1 unspecified atom stereocenters. The predicted octanol–water partition coefficient (Wildman–Crippen LogP) is 4.21. The standard InChI is InChI=1S/C20H21N3O2S/c1-2-25-18-6-4-3-5-16(18)22-20(24)14-7-8-19-21-11-17(23(19)12-14)15-9-10-26-13-15/h3-6,9-11,13-14H,2,7-8,12H2,1H3,(H,22,24). The van der Waals surface area contributed by atoms with Crippen LogP contribution in [0.1, 0.15) is 19.2 Å². The first kappa shape index (κ1) is 16.8. The Morgan fingerprint density at radius 3 is 3.08 bits per heavy atom. The van der Waals surface area contributed by atoms with Gasteiger partial charge < -0.3 is 14.6 Å². The summed E-state index contributed by atoms with van der Waals surface area (Å²) in [6, 6.07) is 9.67. The Morgan fingerprint density at radius 1 is 1.38 bits per heavy atom. The molecule has 2 aromatic heterocycles. The first-order valence-corrected chi connectivity index (χ1v) is 9.80. The summed E-state index contributed by atoms with van der Waals surface area (Å²) in [6.45, 7) is 3.16. The molecule has 1 aliphatic heterocycles. The van der Waals surface area contributed by atoms with Gasteiger partial charge in [0.2, 0.25) is 5.91 Å². The van der Waals surface area contributed by atoms with Crippen LogP contribution in [-0.2, 0) is 17.8 Å². The van der Waals surface area contributed by atoms with E-state index in [9.17, 15) is 4.79 Å². The third-order valence-corrected chi connectivity index (χ3v) is 5.37. The van der Waals surface area contributed by atoms with E-state index in [1.165, 1.54) is 0 Å². The minimum Gasteiger partial charge on any atom is -0.492 e. The molecule has 1 aliphatic rings. The van der Waals surface area contributed by atoms with Crippen LogP contribution in [0.25, 0.3) is 11.3 Å². The van der Waals surface area contributed by atoms with Crippen molar-refractivity contribution in [3.05, 3.63) is 53.1 Å². The van der Waals surface area contributed by atoms with Crippen LogP contribution in [0, 0.1) is 5.92 Å². The van der Waals surface area contributed by atoms with Crippen LogP contribution in [0.15, 0.2) is 47.3 Å². The zero-order chi connectivity index (χ0) is 17.9. The molecule has 0 aliphatic carbocycles. The second-order valence-electron chi connectivity index (χ2n) is 6.34. The molecule has 0 radical (unpaired) electrons. The van der Waals surface area contributed by atoms with Crippen LogP contribution >= 0.6 is 11.3 Å². The number of anilines is 1. The van der Waals surface area contributed by atoms with Gasteiger partial charge in [-0.05, 0) is 36.9 Å². The van der Waals surface area contributed by atoms with Gasteiger partial charge in [0.1, 0.15) is 11.6 Å². The molecular weight excluding hydrogens is 346 g/mol. The lowest BCUT2D eigenvalue weighted by molar-refractivity contribution is -0.120. The Hall–Kier alpha value is -2.60. The highest BCUT2D eigenvalue weighted by Gasteiger charge is 2.27. The number of aromatic nitrogens is 2. The van der Waals surface area contributed by atoms with Gasteiger partial charge in [-0.2, -0.15) is 11.3 Å². The van der Waals surface area contributed by atoms with Crippen molar-refractivity contribution in [2.75, 3.05) is 11.9 Å². The number of benzene rings is 1. The molecule has 0 saturated carbocycles. The van der Waals surface area contributed by atoms with Crippen molar-refractivity contribution in [3.63, 3.8) is 0 Å². The number of para-hydroxylation sites is 2. The second-order valence-corrected chi connectivity index (χ2v) is 7.12. The highest BCUT2D eigenvalue weighted by atomic mass is 32.1. The van der Waals surface area contributed by atoms with Crippen LogP contribution in [0.4, 0.5) is 5.69 Å². The van der Waals surface area contributed by atoms with E-state index in [1.807, 2.05) is 37.4 Å². The molecule has 6 heteroatoms. The Bertz CT molecular complexity index is 902. The van der Waals surface area contributed by atoms with Crippen molar-refractivity contribution in [1.82, 2.24) is 9.55 Å². The lowest BCUT2D eigenvalue weighted by Gasteiger charge is -2.25. The summed E-state index contributed by atoms with van der Waals surface area (Å²) in [7, 11) is 0. The Balaban J connectivity index is 1.52. The highest BCUT2D eigenvalue weighted by molar-refractivity contribution is 7.08. The van der Waals surface area contributed by atoms with Gasteiger partial charge >= 0.3 is 0 Å². The summed E-state index contributed by atoms with van der Waals surface area (Å²) < 4.78 is 7.79. The van der Waals surface area contributed by atoms with E-state index >= 15 is 0 Å². The number of aryl methyl sites for hydroxylation is 1. The van der Waals surface area contributed by atoms with E-state index in [-0.39, 0.29) is 11.8 Å². The molecule has 3 aromatic rings. The summed E-state index contributed by atoms with van der Waals surface area (Å²) in [5.41, 5.74) is 2.99. The molecule has 1 amide bonds. The van der Waals surface area contributed by atoms with Gasteiger partial charge in [-0.3, -0.25) is 4.79 Å². The van der Waals surface area contributed by atoms with Crippen LogP contribution in [0.3, 0.4) is 0 Å². The molecule has 5 nitrogen and oxygen atoms in total. The summed E-state index contributed by atoms with van der Waals surface area (Å²) in [4.78, 5) is 17.4. The van der Waals surface area contributed by atoms with Crippen LogP contribution in [0.2, 0.25) is 0 Å². The van der Waals surface area contributed by atoms with Crippen molar-refractivity contribution < 1.29 is 9.53 Å². The average molecular weight is 367 g/mol. The number of amides is 1. The van der Waals surface area contributed by atoms with E-state index < -0.39 is 0 Å². The largest absolute Gasteiger partial charge is 0.492 e. The number of nitrogens with zero attached hydrogens (tertiary/aromatic N) is 2. The molecular formula is C20H21N3O2S. The lowest BCUT2D eigenvalue weighted by atomic mass is 9.98. The fraction of sp³-hybridized carbons (Fsp3) is 0.300. The molecule has 0 saturated heterocycles. The number of nitrogens with one attached hydrogen (secondary N) is 1. The number of thiophene rings is 1. The number of carbonyl (C=O) groups is 1. The maximum atomic E-state index is 12.9. The first-order valence-electron chi connectivity index (χ1n) is 8.86. The maximum absolute atomic E-state index is 12.9. The van der Waals surface area contributed by atoms with Crippen LogP contribution in [-0.4, -0.2) is 22.1 Å². The van der Waals surface area contributed by atoms with Crippen molar-refractivity contribution in [2.24, 2.45) is 5.92 Å². The maximum Gasteiger partial charge on any atom is 0.229 e. The molecule has 26 heavy (non-hydrogen) atoms. The van der Waals surface area contributed by atoms with Crippen LogP contribution in [0.5, 0.6) is 5.75 Å². The first-order chi connectivity index (χ1) is 12.8. The Morgan fingerprint density at radius 2 is 2.27 bits per heavy atom. The average Bonchev–Trinajstić information content (AvgIpc) is 3.32. The number of fused-ring (bicyclic) bond motifs is 1. The van der Waals surface area contributed by atoms with Crippen molar-refractivity contribution in [1.29, 1.82) is 0 Å². The monoisotopic (exact) mass is 367 g/mol. The fourth-order valence-corrected chi connectivity index (χ4v) is 4.02. The minimum atomic E-state index is -0.0798. The molecule has 0 bridgehead atoms. The Labute approximate surface area is 156 Å². The molecule has 4 rings (SSSR count). The number of imidazole rings is 1. The summed E-state index contributed by atoms with van der Waals surface area (Å²) in [6.07, 6.45) is 3.54. The summed E-state index contributed by atoms with van der Waals surface area (Å²) in [5.74, 6) is 1.72. The highest BCUT2D eigenvalue weighted by Crippen LogP contribution is 2.30. The molecule has 3 heterocycles. The molecule has 0 fully saturated rings.